The second kappa shape index (κ2) is 20.3. The van der Waals surface area contributed by atoms with Gasteiger partial charge in [0.1, 0.15) is 17.7 Å². The number of carbonyl (C=O) groups excluding carboxylic acids is 4. The van der Waals surface area contributed by atoms with E-state index in [0.717, 1.165) is 17.5 Å². The van der Waals surface area contributed by atoms with Gasteiger partial charge in [0, 0.05) is 41.8 Å². The SMILES string of the molecule is CC(C)(C)c1cc(NC(=O)c2cccc(C#N)c2)c(SCCN)c(NC(=O)c2cc(C(=O)Nc3cc(C(C)(C)C)cc(NC(=O)c4cccc(C#N)c4)c3SCCN)ncn2)c1. The Morgan fingerprint density at radius 3 is 1.24 bits per heavy atom. The average Bonchev–Trinajstić information content (AvgIpc) is 3.24. The topological polar surface area (TPSA) is 242 Å². The number of rotatable bonds is 14. The first-order valence-corrected chi connectivity index (χ1v) is 21.5. The number of nitrogens with zero attached hydrogens (tertiary/aromatic N) is 4. The number of hydrogen-bond acceptors (Lipinski definition) is 12. The Hall–Kier alpha value is -6.56. The van der Waals surface area contributed by atoms with E-state index in [-0.39, 0.29) is 22.5 Å². The van der Waals surface area contributed by atoms with Gasteiger partial charge in [0.05, 0.1) is 55.8 Å². The van der Waals surface area contributed by atoms with E-state index < -0.39 is 34.5 Å². The minimum absolute atomic E-state index is 0.103. The first kappa shape index (κ1) is 46.5. The maximum absolute atomic E-state index is 14.0. The zero-order chi connectivity index (χ0) is 45.2. The van der Waals surface area contributed by atoms with Gasteiger partial charge in [-0.25, -0.2) is 9.97 Å². The minimum atomic E-state index is -0.638. The lowest BCUT2D eigenvalue weighted by molar-refractivity contribution is 0.101. The summed E-state index contributed by atoms with van der Waals surface area (Å²) in [5, 5.41) is 30.6. The highest BCUT2D eigenvalue weighted by molar-refractivity contribution is 7.99. The summed E-state index contributed by atoms with van der Waals surface area (Å²) in [4.78, 5) is 64.6. The summed E-state index contributed by atoms with van der Waals surface area (Å²) in [6.07, 6.45) is 1.12. The van der Waals surface area contributed by atoms with Crippen LogP contribution in [0, 0.1) is 22.7 Å². The van der Waals surface area contributed by atoms with Crippen molar-refractivity contribution < 1.29 is 19.2 Å². The lowest BCUT2D eigenvalue weighted by Gasteiger charge is -2.24. The molecule has 0 fully saturated rings. The highest BCUT2D eigenvalue weighted by Crippen LogP contribution is 2.41. The molecule has 14 nitrogen and oxygen atoms in total. The molecule has 5 aromatic rings. The van der Waals surface area contributed by atoms with Crippen LogP contribution in [0.25, 0.3) is 0 Å². The van der Waals surface area contributed by atoms with Gasteiger partial charge in [-0.3, -0.25) is 19.2 Å². The molecule has 1 aromatic heterocycles. The van der Waals surface area contributed by atoms with E-state index in [1.165, 1.54) is 41.7 Å². The van der Waals surface area contributed by atoms with E-state index in [1.807, 2.05) is 77.9 Å². The number of thioether (sulfide) groups is 2. The van der Waals surface area contributed by atoms with Crippen LogP contribution in [0.5, 0.6) is 0 Å². The monoisotopic (exact) mass is 868 g/mol. The van der Waals surface area contributed by atoms with Gasteiger partial charge < -0.3 is 32.7 Å². The van der Waals surface area contributed by atoms with Gasteiger partial charge in [0.2, 0.25) is 0 Å². The number of anilines is 4. The Balaban J connectivity index is 1.49. The first-order valence-electron chi connectivity index (χ1n) is 19.6. The third-order valence-electron chi connectivity index (χ3n) is 9.27. The number of nitrogens with one attached hydrogen (secondary N) is 4. The summed E-state index contributed by atoms with van der Waals surface area (Å²) in [7, 11) is 0. The fourth-order valence-electron chi connectivity index (χ4n) is 5.96. The van der Waals surface area contributed by atoms with Crippen LogP contribution in [0.1, 0.15) is 105 Å². The highest BCUT2D eigenvalue weighted by atomic mass is 32.2. The molecule has 4 aromatic carbocycles. The van der Waals surface area contributed by atoms with Crippen LogP contribution in [0.4, 0.5) is 22.7 Å². The fourth-order valence-corrected chi connectivity index (χ4v) is 7.66. The Bertz CT molecular complexity index is 2430. The Labute approximate surface area is 369 Å². The van der Waals surface area contributed by atoms with Gasteiger partial charge in [-0.15, -0.1) is 23.5 Å². The van der Waals surface area contributed by atoms with Crippen molar-refractivity contribution in [2.45, 2.75) is 62.2 Å². The molecule has 318 valence electrons. The van der Waals surface area contributed by atoms with Gasteiger partial charge >= 0.3 is 0 Å². The van der Waals surface area contributed by atoms with Crippen LogP contribution in [0.15, 0.2) is 95.0 Å². The van der Waals surface area contributed by atoms with E-state index in [4.69, 9.17) is 11.5 Å². The van der Waals surface area contributed by atoms with Crippen LogP contribution in [0.2, 0.25) is 0 Å². The molecule has 0 radical (unpaired) electrons. The summed E-state index contributed by atoms with van der Waals surface area (Å²) >= 11 is 2.69. The van der Waals surface area contributed by atoms with Crippen molar-refractivity contribution in [1.29, 1.82) is 10.5 Å². The van der Waals surface area contributed by atoms with Crippen molar-refractivity contribution in [2.24, 2.45) is 11.5 Å². The molecule has 5 rings (SSSR count). The lowest BCUT2D eigenvalue weighted by Crippen LogP contribution is -2.21. The third kappa shape index (κ3) is 11.8. The van der Waals surface area contributed by atoms with Gasteiger partial charge in [-0.2, -0.15) is 10.5 Å². The summed E-state index contributed by atoms with van der Waals surface area (Å²) in [5.41, 5.74) is 15.3. The Morgan fingerprint density at radius 1 is 0.565 bits per heavy atom. The number of amides is 4. The Kier molecular flexibility index (Phi) is 15.3. The molecule has 16 heteroatoms. The second-order valence-corrected chi connectivity index (χ2v) is 18.3. The fraction of sp³-hybridized carbons (Fsp3) is 0.261. The maximum Gasteiger partial charge on any atom is 0.274 e. The van der Waals surface area contributed by atoms with Crippen molar-refractivity contribution in [1.82, 2.24) is 9.97 Å². The van der Waals surface area contributed by atoms with Gasteiger partial charge in [-0.1, -0.05) is 53.7 Å². The molecule has 0 unspecified atom stereocenters. The predicted molar refractivity (Wildman–Crippen MR) is 246 cm³/mol. The summed E-state index contributed by atoms with van der Waals surface area (Å²) < 4.78 is 0. The van der Waals surface area contributed by atoms with Gasteiger partial charge in [0.25, 0.3) is 23.6 Å². The van der Waals surface area contributed by atoms with Crippen LogP contribution in [-0.4, -0.2) is 58.2 Å². The standard InChI is InChI=1S/C46H48N10O4S2/c1-45(2,3)31-19-33(53-41(57)29-11-7-9-27(17-29)24-49)39(61-15-13-47)35(21-31)55-43(59)37-23-38(52-26-51-37)44(60)56-36-22-32(46(4,5)6)20-34(40(36)62-16-14-48)54-42(58)30-12-8-10-28(18-30)25-50/h7-12,17-23,26H,13-16,47-48H2,1-6H3,(H,53,57)(H,54,58)(H,55,59)(H,56,60). The lowest BCUT2D eigenvalue weighted by atomic mass is 9.86. The molecule has 8 N–H and O–H groups in total. The molecule has 62 heavy (non-hydrogen) atoms. The zero-order valence-electron chi connectivity index (χ0n) is 35.3. The summed E-state index contributed by atoms with van der Waals surface area (Å²) in [6.45, 7) is 12.6. The summed E-state index contributed by atoms with van der Waals surface area (Å²) in [5.74, 6) is -1.23. The van der Waals surface area contributed by atoms with Crippen LogP contribution in [0.3, 0.4) is 0 Å². The maximum atomic E-state index is 14.0. The minimum Gasteiger partial charge on any atom is -0.330 e. The molecule has 0 bridgehead atoms. The molecular weight excluding hydrogens is 821 g/mol. The smallest absolute Gasteiger partial charge is 0.274 e. The molecule has 0 spiro atoms. The van der Waals surface area contributed by atoms with E-state index >= 15 is 0 Å². The highest BCUT2D eigenvalue weighted by Gasteiger charge is 2.25. The predicted octanol–water partition coefficient (Wildman–Crippen LogP) is 7.93. The molecule has 1 heterocycles. The number of nitrogens with two attached hydrogens (primary N) is 2. The van der Waals surface area contributed by atoms with Crippen LogP contribution < -0.4 is 32.7 Å². The third-order valence-corrected chi connectivity index (χ3v) is 11.6. The number of aromatic nitrogens is 2. The van der Waals surface area contributed by atoms with Gasteiger partial charge in [0.15, 0.2) is 0 Å². The van der Waals surface area contributed by atoms with Crippen molar-refractivity contribution in [2.75, 3.05) is 45.9 Å². The first-order chi connectivity index (χ1) is 29.4. The number of nitriles is 2. The summed E-state index contributed by atoms with van der Waals surface area (Å²) in [6, 6.07) is 25.4. The zero-order valence-corrected chi connectivity index (χ0v) is 36.9. The van der Waals surface area contributed by atoms with Crippen molar-refractivity contribution in [3.05, 3.63) is 130 Å². The molecule has 4 amide bonds. The molecule has 0 saturated carbocycles. The molecule has 0 aliphatic rings. The van der Waals surface area contributed by atoms with E-state index in [2.05, 4.69) is 31.2 Å². The normalized spacial score (nSPS) is 11.2. The number of benzene rings is 4. The van der Waals surface area contributed by atoms with Crippen molar-refractivity contribution in [3.8, 4) is 12.1 Å². The number of carbonyl (C=O) groups is 4. The van der Waals surface area contributed by atoms with Crippen LogP contribution in [-0.2, 0) is 10.8 Å². The van der Waals surface area contributed by atoms with Gasteiger partial charge in [-0.05, 0) is 82.6 Å². The second-order valence-electron chi connectivity index (χ2n) is 16.1. The quantitative estimate of drug-likeness (QED) is 0.0583. The average molecular weight is 869 g/mol. The van der Waals surface area contributed by atoms with E-state index in [9.17, 15) is 29.7 Å². The van der Waals surface area contributed by atoms with Crippen LogP contribution >= 0.6 is 23.5 Å². The Morgan fingerprint density at radius 2 is 0.919 bits per heavy atom. The molecule has 0 aliphatic carbocycles. The molecule has 0 saturated heterocycles. The van der Waals surface area contributed by atoms with E-state index in [1.54, 1.807) is 36.4 Å². The van der Waals surface area contributed by atoms with Crippen molar-refractivity contribution in [3.63, 3.8) is 0 Å². The number of hydrogen-bond donors (Lipinski definition) is 6. The largest absolute Gasteiger partial charge is 0.330 e. The molecule has 0 aliphatic heterocycles. The molecular formula is C46H48N10O4S2. The van der Waals surface area contributed by atoms with Crippen molar-refractivity contribution >= 4 is 69.9 Å². The molecule has 0 atom stereocenters. The van der Waals surface area contributed by atoms with E-state index in [0.29, 0.717) is 68.3 Å².